The molecule has 32 heavy (non-hydrogen) atoms. The maximum absolute atomic E-state index is 13.5. The second kappa shape index (κ2) is 8.14. The minimum atomic E-state index is -2.53. The molecule has 5 rings (SSSR count). The highest BCUT2D eigenvalue weighted by atomic mass is 19.3. The number of hydrogen-bond donors (Lipinski definition) is 0. The molecule has 2 nitrogen and oxygen atoms in total. The lowest BCUT2D eigenvalue weighted by Crippen LogP contribution is -2.40. The van der Waals surface area contributed by atoms with E-state index in [1.54, 1.807) is 18.4 Å². The average Bonchev–Trinajstić information content (AvgIpc) is 3.27. The van der Waals surface area contributed by atoms with Crippen LogP contribution in [0.25, 0.3) is 33.2 Å². The summed E-state index contributed by atoms with van der Waals surface area (Å²) in [6.07, 6.45) is 1.51. The Kier molecular flexibility index (Phi) is 5.30. The van der Waals surface area contributed by atoms with E-state index in [4.69, 9.17) is 4.42 Å². The molecule has 0 amide bonds. The first-order valence-electron chi connectivity index (χ1n) is 10.9. The topological polar surface area (TPSA) is 16.4 Å². The zero-order valence-electron chi connectivity index (χ0n) is 17.8. The Morgan fingerprint density at radius 1 is 0.844 bits per heavy atom. The van der Waals surface area contributed by atoms with Crippen LogP contribution < -0.4 is 0 Å². The highest BCUT2D eigenvalue weighted by Crippen LogP contribution is 2.36. The number of furan rings is 1. The van der Waals surface area contributed by atoms with Gasteiger partial charge in [0.2, 0.25) is 0 Å². The molecule has 0 aliphatic carbocycles. The number of piperidine rings is 1. The predicted octanol–water partition coefficient (Wildman–Crippen LogP) is 7.70. The molecular formula is C27H24F3NO. The summed E-state index contributed by atoms with van der Waals surface area (Å²) in [5, 5.41) is 0.980. The fourth-order valence-electron chi connectivity index (χ4n) is 4.50. The van der Waals surface area contributed by atoms with Crippen molar-refractivity contribution in [2.24, 2.45) is 0 Å². The van der Waals surface area contributed by atoms with Gasteiger partial charge < -0.3 is 4.42 Å². The smallest absolute Gasteiger partial charge is 0.250 e. The van der Waals surface area contributed by atoms with Crippen LogP contribution in [-0.4, -0.2) is 23.9 Å². The van der Waals surface area contributed by atoms with Crippen molar-refractivity contribution in [3.63, 3.8) is 0 Å². The molecule has 1 unspecified atom stereocenters. The van der Waals surface area contributed by atoms with E-state index < -0.39 is 5.92 Å². The first-order valence-corrected chi connectivity index (χ1v) is 10.9. The molecule has 3 aromatic carbocycles. The molecule has 1 aromatic heterocycles. The summed E-state index contributed by atoms with van der Waals surface area (Å²) in [6, 6.07) is 20.8. The Hall–Kier alpha value is -3.05. The third-order valence-electron chi connectivity index (χ3n) is 6.51. The Morgan fingerprint density at radius 3 is 2.19 bits per heavy atom. The Bertz CT molecular complexity index is 1220. The van der Waals surface area contributed by atoms with Crippen LogP contribution in [0.2, 0.25) is 0 Å². The van der Waals surface area contributed by atoms with Gasteiger partial charge in [-0.15, -0.1) is 0 Å². The number of halogens is 3. The zero-order valence-corrected chi connectivity index (χ0v) is 17.8. The van der Waals surface area contributed by atoms with Crippen LogP contribution in [0.5, 0.6) is 0 Å². The summed E-state index contributed by atoms with van der Waals surface area (Å²) in [5.41, 5.74) is 5.77. The third-order valence-corrected chi connectivity index (χ3v) is 6.51. The van der Waals surface area contributed by atoms with Crippen molar-refractivity contribution in [1.82, 2.24) is 4.90 Å². The molecule has 0 bridgehead atoms. The molecule has 0 saturated carbocycles. The van der Waals surface area contributed by atoms with Gasteiger partial charge in [-0.2, -0.15) is 0 Å². The van der Waals surface area contributed by atoms with E-state index in [1.165, 1.54) is 12.1 Å². The van der Waals surface area contributed by atoms with E-state index in [1.807, 2.05) is 6.07 Å². The Balaban J connectivity index is 1.44. The van der Waals surface area contributed by atoms with Crippen LogP contribution in [0.4, 0.5) is 13.2 Å². The van der Waals surface area contributed by atoms with Gasteiger partial charge in [-0.1, -0.05) is 36.4 Å². The quantitative estimate of drug-likeness (QED) is 0.327. The fourth-order valence-corrected chi connectivity index (χ4v) is 4.50. The second-order valence-electron chi connectivity index (χ2n) is 8.56. The number of hydrogen-bond acceptors (Lipinski definition) is 2. The van der Waals surface area contributed by atoms with Crippen LogP contribution >= 0.6 is 0 Å². The molecule has 1 aliphatic rings. The summed E-state index contributed by atoms with van der Waals surface area (Å²) in [6.45, 7) is 2.89. The maximum Gasteiger partial charge on any atom is 0.250 e. The zero-order chi connectivity index (χ0) is 22.3. The van der Waals surface area contributed by atoms with Crippen molar-refractivity contribution in [2.45, 2.75) is 31.7 Å². The lowest BCUT2D eigenvalue weighted by molar-refractivity contribution is -0.0620. The molecule has 0 spiro atoms. The van der Waals surface area contributed by atoms with Crippen molar-refractivity contribution >= 4 is 11.0 Å². The van der Waals surface area contributed by atoms with E-state index in [0.717, 1.165) is 38.8 Å². The van der Waals surface area contributed by atoms with Gasteiger partial charge in [-0.05, 0) is 59.5 Å². The SMILES string of the molecule is CC(c1ccc(-c2cc(-c3ccc(F)cc3)c3occc3c2)cc1)N1CCC(F)(F)CC1. The number of benzene rings is 3. The summed E-state index contributed by atoms with van der Waals surface area (Å²) in [4.78, 5) is 2.12. The molecule has 2 heterocycles. The van der Waals surface area contributed by atoms with Crippen molar-refractivity contribution < 1.29 is 17.6 Å². The first-order chi connectivity index (χ1) is 15.4. The Labute approximate surface area is 185 Å². The van der Waals surface area contributed by atoms with E-state index in [-0.39, 0.29) is 24.7 Å². The molecule has 0 N–H and O–H groups in total. The van der Waals surface area contributed by atoms with E-state index in [0.29, 0.717) is 13.1 Å². The summed E-state index contributed by atoms with van der Waals surface area (Å²) >= 11 is 0. The molecule has 1 fully saturated rings. The summed E-state index contributed by atoms with van der Waals surface area (Å²) in [5.74, 6) is -2.81. The van der Waals surface area contributed by atoms with Crippen LogP contribution in [0.1, 0.15) is 31.4 Å². The fraction of sp³-hybridized carbons (Fsp3) is 0.259. The lowest BCUT2D eigenvalue weighted by Gasteiger charge is -2.36. The van der Waals surface area contributed by atoms with Crippen LogP contribution in [0, 0.1) is 5.82 Å². The number of nitrogens with zero attached hydrogens (tertiary/aromatic N) is 1. The first kappa shape index (κ1) is 20.8. The molecule has 1 saturated heterocycles. The van der Waals surface area contributed by atoms with E-state index in [9.17, 15) is 13.2 Å². The van der Waals surface area contributed by atoms with Crippen molar-refractivity contribution in [3.05, 3.63) is 84.4 Å². The molecular weight excluding hydrogens is 411 g/mol. The molecule has 164 valence electrons. The van der Waals surface area contributed by atoms with Crippen molar-refractivity contribution in [1.29, 1.82) is 0 Å². The van der Waals surface area contributed by atoms with Gasteiger partial charge in [0.05, 0.1) is 6.26 Å². The minimum Gasteiger partial charge on any atom is -0.464 e. The molecule has 1 aliphatic heterocycles. The average molecular weight is 435 g/mol. The summed E-state index contributed by atoms with van der Waals surface area (Å²) in [7, 11) is 0. The highest BCUT2D eigenvalue weighted by Gasteiger charge is 2.35. The number of alkyl halides is 2. The standard InChI is InChI=1S/C27H24F3NO/c1-18(31-13-11-27(29,30)12-14-31)19-2-4-20(5-3-19)23-16-22-10-15-32-26(22)25(17-23)21-6-8-24(28)9-7-21/h2-10,15-18H,11-14H2,1H3. The van der Waals surface area contributed by atoms with Crippen LogP contribution in [-0.2, 0) is 0 Å². The van der Waals surface area contributed by atoms with Gasteiger partial charge in [-0.25, -0.2) is 13.2 Å². The predicted molar refractivity (Wildman–Crippen MR) is 121 cm³/mol. The van der Waals surface area contributed by atoms with Crippen molar-refractivity contribution in [3.8, 4) is 22.3 Å². The highest BCUT2D eigenvalue weighted by molar-refractivity contribution is 5.96. The number of rotatable bonds is 4. The van der Waals surface area contributed by atoms with Gasteiger partial charge in [-0.3, -0.25) is 4.90 Å². The summed E-state index contributed by atoms with van der Waals surface area (Å²) < 4.78 is 46.1. The van der Waals surface area contributed by atoms with Gasteiger partial charge in [0.1, 0.15) is 11.4 Å². The second-order valence-corrected chi connectivity index (χ2v) is 8.56. The van der Waals surface area contributed by atoms with Gasteiger partial charge in [0.15, 0.2) is 0 Å². The van der Waals surface area contributed by atoms with Crippen LogP contribution in [0.15, 0.2) is 77.4 Å². The largest absolute Gasteiger partial charge is 0.464 e. The van der Waals surface area contributed by atoms with E-state index in [2.05, 4.69) is 48.2 Å². The molecule has 1 atom stereocenters. The lowest BCUT2D eigenvalue weighted by atomic mass is 9.95. The maximum atomic E-state index is 13.5. The Morgan fingerprint density at radius 2 is 1.50 bits per heavy atom. The number of likely N-dealkylation sites (tertiary alicyclic amines) is 1. The monoisotopic (exact) mass is 435 g/mol. The molecule has 5 heteroatoms. The van der Waals surface area contributed by atoms with E-state index >= 15 is 0 Å². The third kappa shape index (κ3) is 4.05. The molecule has 4 aromatic rings. The van der Waals surface area contributed by atoms with Gasteiger partial charge in [0, 0.05) is 42.9 Å². The van der Waals surface area contributed by atoms with Gasteiger partial charge in [0.25, 0.3) is 5.92 Å². The molecule has 0 radical (unpaired) electrons. The van der Waals surface area contributed by atoms with Crippen LogP contribution in [0.3, 0.4) is 0 Å². The normalized spacial score (nSPS) is 17.5. The minimum absolute atomic E-state index is 0.0771. The van der Waals surface area contributed by atoms with Gasteiger partial charge >= 0.3 is 0 Å². The number of fused-ring (bicyclic) bond motifs is 1. The van der Waals surface area contributed by atoms with Crippen molar-refractivity contribution in [2.75, 3.05) is 13.1 Å².